The largest absolute Gasteiger partial charge is 0.335 e. The Hall–Kier alpha value is -2.03. The lowest BCUT2D eigenvalue weighted by Crippen LogP contribution is -2.48. The summed E-state index contributed by atoms with van der Waals surface area (Å²) < 4.78 is 2.56. The minimum Gasteiger partial charge on any atom is -0.335 e. The Morgan fingerprint density at radius 1 is 1.10 bits per heavy atom. The Morgan fingerprint density at radius 3 is 2.41 bits per heavy atom. The zero-order valence-electron chi connectivity index (χ0n) is 16.5. The van der Waals surface area contributed by atoms with Crippen LogP contribution in [0.15, 0.2) is 45.0 Å². The molecule has 3 heterocycles. The highest BCUT2D eigenvalue weighted by Crippen LogP contribution is 2.24. The van der Waals surface area contributed by atoms with Gasteiger partial charge in [0.2, 0.25) is 0 Å². The summed E-state index contributed by atoms with van der Waals surface area (Å²) in [4.78, 5) is 31.5. The van der Waals surface area contributed by atoms with Crippen LogP contribution in [-0.4, -0.2) is 51.7 Å². The van der Waals surface area contributed by atoms with E-state index in [0.717, 1.165) is 23.4 Å². The van der Waals surface area contributed by atoms with E-state index < -0.39 is 0 Å². The molecule has 1 fully saturated rings. The molecule has 0 aliphatic carbocycles. The van der Waals surface area contributed by atoms with Gasteiger partial charge in [-0.25, -0.2) is 4.68 Å². The molecule has 4 rings (SSSR count). The first-order chi connectivity index (χ1) is 13.9. The van der Waals surface area contributed by atoms with Gasteiger partial charge in [-0.3, -0.25) is 14.5 Å². The smallest absolute Gasteiger partial charge is 0.275 e. The van der Waals surface area contributed by atoms with Crippen molar-refractivity contribution in [3.8, 4) is 0 Å². The second-order valence-corrected chi connectivity index (χ2v) is 10.1. The summed E-state index contributed by atoms with van der Waals surface area (Å²) in [6.07, 6.45) is 0. The predicted octanol–water partition coefficient (Wildman–Crippen LogP) is 3.76. The lowest BCUT2D eigenvalue weighted by molar-refractivity contribution is 0.0623. The first-order valence-corrected chi connectivity index (χ1v) is 11.3. The van der Waals surface area contributed by atoms with Crippen molar-refractivity contribution >= 4 is 43.9 Å². The van der Waals surface area contributed by atoms with Gasteiger partial charge >= 0.3 is 0 Å². The maximum atomic E-state index is 13.3. The van der Waals surface area contributed by atoms with Gasteiger partial charge in [0.25, 0.3) is 11.5 Å². The standard InChI is InChI=1S/C21H23BrN4O2S/c1-14(2)26-20(27)17-6-4-3-5-16(17)19(23-26)21(28)25-11-9-24(10-12-25)13-15-7-8-18(22)29-15/h3-8,14H,9-13H2,1-2H3. The fourth-order valence-corrected chi connectivity index (χ4v) is 5.16. The van der Waals surface area contributed by atoms with Crippen molar-refractivity contribution in [1.82, 2.24) is 19.6 Å². The zero-order valence-corrected chi connectivity index (χ0v) is 18.9. The Bertz CT molecular complexity index is 1100. The number of piperazine rings is 1. The van der Waals surface area contributed by atoms with E-state index in [-0.39, 0.29) is 17.5 Å². The Labute approximate surface area is 181 Å². The second-order valence-electron chi connectivity index (χ2n) is 7.51. The van der Waals surface area contributed by atoms with Crippen molar-refractivity contribution in [3.05, 3.63) is 61.1 Å². The molecule has 1 amide bonds. The van der Waals surface area contributed by atoms with Gasteiger partial charge in [-0.2, -0.15) is 5.10 Å². The number of halogens is 1. The number of aromatic nitrogens is 2. The number of hydrogen-bond acceptors (Lipinski definition) is 5. The molecule has 0 saturated carbocycles. The fraction of sp³-hybridized carbons (Fsp3) is 0.381. The summed E-state index contributed by atoms with van der Waals surface area (Å²) in [5.74, 6) is -0.103. The van der Waals surface area contributed by atoms with Crippen molar-refractivity contribution in [1.29, 1.82) is 0 Å². The molecule has 1 aromatic carbocycles. The number of carbonyl (C=O) groups excluding carboxylic acids is 1. The number of fused-ring (bicyclic) bond motifs is 1. The molecule has 2 aromatic heterocycles. The molecule has 1 saturated heterocycles. The Balaban J connectivity index is 1.55. The molecule has 29 heavy (non-hydrogen) atoms. The molecule has 0 unspecified atom stereocenters. The summed E-state index contributed by atoms with van der Waals surface area (Å²) >= 11 is 5.25. The number of thiophene rings is 1. The van der Waals surface area contributed by atoms with Crippen LogP contribution in [-0.2, 0) is 6.54 Å². The van der Waals surface area contributed by atoms with Crippen molar-refractivity contribution in [2.24, 2.45) is 0 Å². The number of nitrogens with zero attached hydrogens (tertiary/aromatic N) is 4. The fourth-order valence-electron chi connectivity index (χ4n) is 3.63. The van der Waals surface area contributed by atoms with Gasteiger partial charge in [-0.1, -0.05) is 18.2 Å². The number of amides is 1. The minimum atomic E-state index is -0.154. The van der Waals surface area contributed by atoms with Gasteiger partial charge in [0.05, 0.1) is 15.2 Å². The van der Waals surface area contributed by atoms with Crippen molar-refractivity contribution in [3.63, 3.8) is 0 Å². The molecular formula is C21H23BrN4O2S. The summed E-state index contributed by atoms with van der Waals surface area (Å²) in [6, 6.07) is 11.3. The molecule has 0 spiro atoms. The van der Waals surface area contributed by atoms with Crippen molar-refractivity contribution in [2.45, 2.75) is 26.4 Å². The number of hydrogen-bond donors (Lipinski definition) is 0. The van der Waals surface area contributed by atoms with Gasteiger partial charge < -0.3 is 4.90 Å². The van der Waals surface area contributed by atoms with Gasteiger partial charge in [0.1, 0.15) is 0 Å². The lowest BCUT2D eigenvalue weighted by atomic mass is 10.1. The summed E-state index contributed by atoms with van der Waals surface area (Å²) in [5, 5.41) is 5.63. The predicted molar refractivity (Wildman–Crippen MR) is 120 cm³/mol. The maximum absolute atomic E-state index is 13.3. The lowest BCUT2D eigenvalue weighted by Gasteiger charge is -2.34. The molecule has 0 atom stereocenters. The normalized spacial score (nSPS) is 15.4. The SMILES string of the molecule is CC(C)n1nc(C(=O)N2CCN(Cc3ccc(Br)s3)CC2)c2ccccc2c1=O. The number of rotatable bonds is 4. The van der Waals surface area contributed by atoms with Crippen LogP contribution in [0, 0.1) is 0 Å². The third-order valence-electron chi connectivity index (χ3n) is 5.19. The Morgan fingerprint density at radius 2 is 1.79 bits per heavy atom. The minimum absolute atomic E-state index is 0.103. The average molecular weight is 475 g/mol. The van der Waals surface area contributed by atoms with Crippen LogP contribution < -0.4 is 5.56 Å². The van der Waals surface area contributed by atoms with Crippen LogP contribution in [0.2, 0.25) is 0 Å². The number of benzene rings is 1. The average Bonchev–Trinajstić information content (AvgIpc) is 3.13. The van der Waals surface area contributed by atoms with Gasteiger partial charge in [0.15, 0.2) is 5.69 Å². The van der Waals surface area contributed by atoms with Gasteiger partial charge in [0, 0.05) is 43.0 Å². The monoisotopic (exact) mass is 474 g/mol. The zero-order chi connectivity index (χ0) is 20.5. The second kappa shape index (κ2) is 8.38. The van der Waals surface area contributed by atoms with E-state index in [1.807, 2.05) is 36.9 Å². The molecular weight excluding hydrogens is 452 g/mol. The third kappa shape index (κ3) is 4.15. The van der Waals surface area contributed by atoms with E-state index in [9.17, 15) is 9.59 Å². The van der Waals surface area contributed by atoms with Crippen LogP contribution in [0.4, 0.5) is 0 Å². The van der Waals surface area contributed by atoms with E-state index in [0.29, 0.717) is 29.6 Å². The van der Waals surface area contributed by atoms with E-state index in [1.54, 1.807) is 17.4 Å². The molecule has 0 radical (unpaired) electrons. The van der Waals surface area contributed by atoms with Crippen LogP contribution in [0.25, 0.3) is 10.8 Å². The first-order valence-electron chi connectivity index (χ1n) is 9.71. The summed E-state index contributed by atoms with van der Waals surface area (Å²) in [5.41, 5.74) is 0.212. The summed E-state index contributed by atoms with van der Waals surface area (Å²) in [6.45, 7) is 7.66. The Kier molecular flexibility index (Phi) is 5.85. The molecule has 8 heteroatoms. The van der Waals surface area contributed by atoms with Crippen LogP contribution in [0.1, 0.15) is 35.3 Å². The van der Waals surface area contributed by atoms with Crippen LogP contribution in [0.3, 0.4) is 0 Å². The highest BCUT2D eigenvalue weighted by Gasteiger charge is 2.26. The van der Waals surface area contributed by atoms with Gasteiger partial charge in [-0.05, 0) is 48.0 Å². The molecule has 0 bridgehead atoms. The molecule has 1 aliphatic rings. The topological polar surface area (TPSA) is 58.4 Å². The number of carbonyl (C=O) groups is 1. The molecule has 1 aliphatic heterocycles. The third-order valence-corrected chi connectivity index (χ3v) is 6.80. The van der Waals surface area contributed by atoms with E-state index in [1.165, 1.54) is 9.56 Å². The van der Waals surface area contributed by atoms with Crippen molar-refractivity contribution < 1.29 is 4.79 Å². The highest BCUT2D eigenvalue weighted by molar-refractivity contribution is 9.11. The highest BCUT2D eigenvalue weighted by atomic mass is 79.9. The van der Waals surface area contributed by atoms with E-state index in [4.69, 9.17) is 0 Å². The van der Waals surface area contributed by atoms with E-state index in [2.05, 4.69) is 38.1 Å². The van der Waals surface area contributed by atoms with Crippen LogP contribution >= 0.6 is 27.3 Å². The van der Waals surface area contributed by atoms with E-state index >= 15 is 0 Å². The van der Waals surface area contributed by atoms with Crippen LogP contribution in [0.5, 0.6) is 0 Å². The van der Waals surface area contributed by atoms with Gasteiger partial charge in [-0.15, -0.1) is 11.3 Å². The maximum Gasteiger partial charge on any atom is 0.275 e. The first kappa shape index (κ1) is 20.3. The molecule has 152 valence electrons. The quantitative estimate of drug-likeness (QED) is 0.577. The molecule has 6 nitrogen and oxygen atoms in total. The molecule has 0 N–H and O–H groups in total. The van der Waals surface area contributed by atoms with Crippen molar-refractivity contribution in [2.75, 3.05) is 26.2 Å². The summed E-state index contributed by atoms with van der Waals surface area (Å²) in [7, 11) is 0. The molecule has 3 aromatic rings.